The van der Waals surface area contributed by atoms with E-state index in [2.05, 4.69) is 41.4 Å². The highest BCUT2D eigenvalue weighted by molar-refractivity contribution is 5.59. The van der Waals surface area contributed by atoms with E-state index in [9.17, 15) is 0 Å². The van der Waals surface area contributed by atoms with Gasteiger partial charge in [-0.15, -0.1) is 0 Å². The number of hydrogen-bond donors (Lipinski definition) is 1. The lowest BCUT2D eigenvalue weighted by Gasteiger charge is -2.33. The van der Waals surface area contributed by atoms with E-state index in [1.165, 1.54) is 18.5 Å². The number of benzene rings is 1. The van der Waals surface area contributed by atoms with E-state index in [1.54, 1.807) is 0 Å². The van der Waals surface area contributed by atoms with Crippen molar-refractivity contribution < 1.29 is 4.74 Å². The maximum absolute atomic E-state index is 5.81. The lowest BCUT2D eigenvalue weighted by molar-refractivity contribution is 0.322. The smallest absolute Gasteiger partial charge is 0.142 e. The Hall–Kier alpha value is -1.22. The van der Waals surface area contributed by atoms with Gasteiger partial charge in [0.2, 0.25) is 0 Å². The minimum atomic E-state index is 0.261. The molecule has 2 aliphatic heterocycles. The van der Waals surface area contributed by atoms with E-state index in [0.717, 1.165) is 38.4 Å². The van der Waals surface area contributed by atoms with Crippen molar-refractivity contribution in [1.29, 1.82) is 0 Å². The molecule has 0 radical (unpaired) electrons. The maximum Gasteiger partial charge on any atom is 0.142 e. The highest BCUT2D eigenvalue weighted by Gasteiger charge is 2.31. The molecule has 0 aromatic heterocycles. The molecule has 2 aliphatic rings. The van der Waals surface area contributed by atoms with Crippen LogP contribution in [0.1, 0.15) is 26.2 Å². The Labute approximate surface area is 109 Å². The van der Waals surface area contributed by atoms with E-state index in [1.807, 2.05) is 0 Å². The number of fused-ring (bicyclic) bond motifs is 1. The molecular formula is C15H22N2O. The molecule has 2 heterocycles. The molecule has 1 N–H and O–H groups in total. The van der Waals surface area contributed by atoms with Crippen LogP contribution in [0, 0.1) is 0 Å². The number of hydrogen-bond acceptors (Lipinski definition) is 3. The number of para-hydroxylation sites is 2. The van der Waals surface area contributed by atoms with Crippen molar-refractivity contribution in [3.05, 3.63) is 24.3 Å². The van der Waals surface area contributed by atoms with Gasteiger partial charge in [-0.2, -0.15) is 0 Å². The standard InChI is InChI=1S/C15H22N2O/c1-15(8-4-9-16-15)12-17-10-5-11-18-14-7-3-2-6-13(14)17/h2-3,6-7,16H,4-5,8-12H2,1H3. The molecule has 18 heavy (non-hydrogen) atoms. The van der Waals surface area contributed by atoms with E-state index in [4.69, 9.17) is 4.74 Å². The van der Waals surface area contributed by atoms with Crippen LogP contribution < -0.4 is 15.0 Å². The minimum Gasteiger partial charge on any atom is -0.491 e. The van der Waals surface area contributed by atoms with Crippen molar-refractivity contribution in [2.45, 2.75) is 31.7 Å². The molecule has 3 rings (SSSR count). The SMILES string of the molecule is CC1(CN2CCCOc3ccccc32)CCCN1. The zero-order valence-electron chi connectivity index (χ0n) is 11.1. The van der Waals surface area contributed by atoms with Gasteiger partial charge in [-0.3, -0.25) is 0 Å². The average molecular weight is 246 g/mol. The lowest BCUT2D eigenvalue weighted by atomic mass is 9.99. The summed E-state index contributed by atoms with van der Waals surface area (Å²) in [5.41, 5.74) is 1.52. The van der Waals surface area contributed by atoms with Gasteiger partial charge in [0.1, 0.15) is 5.75 Å². The summed E-state index contributed by atoms with van der Waals surface area (Å²) in [6.07, 6.45) is 3.67. The molecule has 3 nitrogen and oxygen atoms in total. The van der Waals surface area contributed by atoms with Gasteiger partial charge in [0.15, 0.2) is 0 Å². The summed E-state index contributed by atoms with van der Waals surface area (Å²) in [5, 5.41) is 3.65. The number of anilines is 1. The first-order chi connectivity index (χ1) is 8.77. The van der Waals surface area contributed by atoms with Crippen LogP contribution in [-0.2, 0) is 0 Å². The lowest BCUT2D eigenvalue weighted by Crippen LogP contribution is -2.47. The Morgan fingerprint density at radius 3 is 3.06 bits per heavy atom. The van der Waals surface area contributed by atoms with Gasteiger partial charge in [-0.1, -0.05) is 12.1 Å². The molecule has 1 saturated heterocycles. The molecule has 1 aromatic rings. The summed E-state index contributed by atoms with van der Waals surface area (Å²) < 4.78 is 5.81. The first kappa shape index (κ1) is 11.8. The second-order valence-electron chi connectivity index (χ2n) is 5.68. The highest BCUT2D eigenvalue weighted by Crippen LogP contribution is 2.32. The molecular weight excluding hydrogens is 224 g/mol. The van der Waals surface area contributed by atoms with Gasteiger partial charge in [0.25, 0.3) is 0 Å². The molecule has 0 amide bonds. The Bertz CT molecular complexity index is 413. The van der Waals surface area contributed by atoms with Crippen molar-refractivity contribution in [2.24, 2.45) is 0 Å². The van der Waals surface area contributed by atoms with E-state index < -0.39 is 0 Å². The second kappa shape index (κ2) is 4.81. The second-order valence-corrected chi connectivity index (χ2v) is 5.68. The Morgan fingerprint density at radius 1 is 1.33 bits per heavy atom. The van der Waals surface area contributed by atoms with E-state index >= 15 is 0 Å². The summed E-state index contributed by atoms with van der Waals surface area (Å²) in [6, 6.07) is 8.42. The average Bonchev–Trinajstić information content (AvgIpc) is 2.70. The first-order valence-corrected chi connectivity index (χ1v) is 6.99. The zero-order chi connectivity index (χ0) is 12.4. The molecule has 3 heteroatoms. The van der Waals surface area contributed by atoms with Gasteiger partial charge < -0.3 is 15.0 Å². The fraction of sp³-hybridized carbons (Fsp3) is 0.600. The third kappa shape index (κ3) is 2.32. The first-order valence-electron chi connectivity index (χ1n) is 6.99. The van der Waals surface area contributed by atoms with Gasteiger partial charge in [0.05, 0.1) is 12.3 Å². The zero-order valence-corrected chi connectivity index (χ0v) is 11.1. The summed E-state index contributed by atoms with van der Waals surface area (Å²) in [5.74, 6) is 1.04. The monoisotopic (exact) mass is 246 g/mol. The minimum absolute atomic E-state index is 0.261. The fourth-order valence-corrected chi connectivity index (χ4v) is 3.08. The molecule has 0 saturated carbocycles. The summed E-state index contributed by atoms with van der Waals surface area (Å²) in [6.45, 7) is 6.50. The van der Waals surface area contributed by atoms with Crippen LogP contribution in [0.3, 0.4) is 0 Å². The highest BCUT2D eigenvalue weighted by atomic mass is 16.5. The molecule has 0 aliphatic carbocycles. The van der Waals surface area contributed by atoms with Crippen LogP contribution in [-0.4, -0.2) is 31.8 Å². The number of nitrogens with zero attached hydrogens (tertiary/aromatic N) is 1. The van der Waals surface area contributed by atoms with Gasteiger partial charge >= 0.3 is 0 Å². The van der Waals surface area contributed by atoms with Gasteiger partial charge in [-0.05, 0) is 44.9 Å². The van der Waals surface area contributed by atoms with E-state index in [-0.39, 0.29) is 5.54 Å². The van der Waals surface area contributed by atoms with Crippen LogP contribution in [0.4, 0.5) is 5.69 Å². The van der Waals surface area contributed by atoms with Crippen LogP contribution in [0.25, 0.3) is 0 Å². The molecule has 1 atom stereocenters. The Kier molecular flexibility index (Phi) is 3.16. The van der Waals surface area contributed by atoms with Gasteiger partial charge in [-0.25, -0.2) is 0 Å². The number of nitrogens with one attached hydrogen (secondary N) is 1. The quantitative estimate of drug-likeness (QED) is 0.867. The molecule has 0 spiro atoms. The predicted molar refractivity (Wildman–Crippen MR) is 74.4 cm³/mol. The molecule has 1 aromatic carbocycles. The summed E-state index contributed by atoms with van der Waals surface area (Å²) in [4.78, 5) is 2.49. The molecule has 1 unspecified atom stereocenters. The predicted octanol–water partition coefficient (Wildman–Crippen LogP) is 2.42. The fourth-order valence-electron chi connectivity index (χ4n) is 3.08. The van der Waals surface area contributed by atoms with Crippen LogP contribution in [0.5, 0.6) is 5.75 Å². The largest absolute Gasteiger partial charge is 0.491 e. The number of rotatable bonds is 2. The van der Waals surface area contributed by atoms with Crippen molar-refractivity contribution in [1.82, 2.24) is 5.32 Å². The molecule has 98 valence electrons. The van der Waals surface area contributed by atoms with Gasteiger partial charge in [0, 0.05) is 18.6 Å². The van der Waals surface area contributed by atoms with Crippen LogP contribution >= 0.6 is 0 Å². The van der Waals surface area contributed by atoms with Crippen LogP contribution in [0.15, 0.2) is 24.3 Å². The Morgan fingerprint density at radius 2 is 2.22 bits per heavy atom. The summed E-state index contributed by atoms with van der Waals surface area (Å²) in [7, 11) is 0. The third-order valence-electron chi connectivity index (χ3n) is 4.03. The number of ether oxygens (including phenoxy) is 1. The molecule has 0 bridgehead atoms. The maximum atomic E-state index is 5.81. The molecule has 1 fully saturated rings. The van der Waals surface area contributed by atoms with Crippen molar-refractivity contribution in [3.63, 3.8) is 0 Å². The van der Waals surface area contributed by atoms with Crippen molar-refractivity contribution in [3.8, 4) is 5.75 Å². The van der Waals surface area contributed by atoms with Crippen LogP contribution in [0.2, 0.25) is 0 Å². The topological polar surface area (TPSA) is 24.5 Å². The van der Waals surface area contributed by atoms with E-state index in [0.29, 0.717) is 0 Å². The Balaban J connectivity index is 1.83. The van der Waals surface area contributed by atoms with Crippen molar-refractivity contribution in [2.75, 3.05) is 31.1 Å². The normalized spacial score (nSPS) is 27.5. The van der Waals surface area contributed by atoms with Crippen molar-refractivity contribution >= 4 is 5.69 Å². The summed E-state index contributed by atoms with van der Waals surface area (Å²) >= 11 is 0. The third-order valence-corrected chi connectivity index (χ3v) is 4.03.